The molecule has 18 heavy (non-hydrogen) atoms. The van der Waals surface area contributed by atoms with Gasteiger partial charge in [-0.2, -0.15) is 0 Å². The van der Waals surface area contributed by atoms with E-state index < -0.39 is 0 Å². The molecule has 0 amide bonds. The van der Waals surface area contributed by atoms with Crippen LogP contribution in [0.1, 0.15) is 15.9 Å². The van der Waals surface area contributed by atoms with E-state index in [4.69, 9.17) is 34.8 Å². The van der Waals surface area contributed by atoms with Gasteiger partial charge in [0.2, 0.25) is 0 Å². The smallest absolute Gasteiger partial charge is 0.195 e. The predicted molar refractivity (Wildman–Crippen MR) is 79.0 cm³/mol. The fourth-order valence-electron chi connectivity index (χ4n) is 1.50. The van der Waals surface area contributed by atoms with Gasteiger partial charge in [-0.15, -0.1) is 0 Å². The first-order chi connectivity index (χ1) is 8.50. The molecule has 0 saturated carbocycles. The zero-order chi connectivity index (χ0) is 13.3. The molecule has 0 bridgehead atoms. The van der Waals surface area contributed by atoms with Crippen molar-refractivity contribution in [2.75, 3.05) is 0 Å². The number of benzene rings is 2. The van der Waals surface area contributed by atoms with E-state index in [2.05, 4.69) is 15.9 Å². The lowest BCUT2D eigenvalue weighted by Gasteiger charge is -2.07. The Kier molecular flexibility index (Phi) is 4.33. The Morgan fingerprint density at radius 1 is 1.00 bits per heavy atom. The summed E-state index contributed by atoms with van der Waals surface area (Å²) in [4.78, 5) is 12.4. The third-order valence-electron chi connectivity index (χ3n) is 2.37. The van der Waals surface area contributed by atoms with Gasteiger partial charge >= 0.3 is 0 Å². The second kappa shape index (κ2) is 5.62. The predicted octanol–water partition coefficient (Wildman–Crippen LogP) is 5.64. The molecule has 0 spiro atoms. The summed E-state index contributed by atoms with van der Waals surface area (Å²) in [6, 6.07) is 9.94. The Labute approximate surface area is 128 Å². The summed E-state index contributed by atoms with van der Waals surface area (Å²) >= 11 is 21.1. The highest BCUT2D eigenvalue weighted by Crippen LogP contribution is 2.30. The maximum absolute atomic E-state index is 12.4. The summed E-state index contributed by atoms with van der Waals surface area (Å²) in [7, 11) is 0. The van der Waals surface area contributed by atoms with Crippen LogP contribution in [0, 0.1) is 0 Å². The lowest BCUT2D eigenvalue weighted by molar-refractivity contribution is 0.103. The molecule has 0 unspecified atom stereocenters. The normalized spacial score (nSPS) is 10.4. The summed E-state index contributed by atoms with van der Waals surface area (Å²) in [5.41, 5.74) is 0.804. The molecule has 0 fully saturated rings. The van der Waals surface area contributed by atoms with Gasteiger partial charge in [-0.05, 0) is 30.3 Å². The van der Waals surface area contributed by atoms with Gasteiger partial charge in [0.1, 0.15) is 0 Å². The van der Waals surface area contributed by atoms with Crippen LogP contribution in [0.25, 0.3) is 0 Å². The highest BCUT2D eigenvalue weighted by atomic mass is 79.9. The Balaban J connectivity index is 2.55. The molecule has 0 aliphatic heterocycles. The summed E-state index contributed by atoms with van der Waals surface area (Å²) in [5.74, 6) is -0.225. The van der Waals surface area contributed by atoms with Gasteiger partial charge in [0, 0.05) is 20.6 Å². The quantitative estimate of drug-likeness (QED) is 0.630. The lowest BCUT2D eigenvalue weighted by atomic mass is 10.0. The number of hydrogen-bond donors (Lipinski definition) is 0. The van der Waals surface area contributed by atoms with E-state index in [9.17, 15) is 4.79 Å². The van der Waals surface area contributed by atoms with Gasteiger partial charge < -0.3 is 0 Å². The minimum absolute atomic E-state index is 0.225. The Bertz CT molecular complexity index is 622. The van der Waals surface area contributed by atoms with Crippen molar-refractivity contribution in [3.05, 3.63) is 67.1 Å². The van der Waals surface area contributed by atoms with Crippen molar-refractivity contribution >= 4 is 56.5 Å². The molecular weight excluding hydrogens is 358 g/mol. The van der Waals surface area contributed by atoms with Gasteiger partial charge in [-0.1, -0.05) is 56.8 Å². The molecule has 2 rings (SSSR count). The highest BCUT2D eigenvalue weighted by Gasteiger charge is 2.17. The fourth-order valence-corrected chi connectivity index (χ4v) is 2.48. The molecule has 0 atom stereocenters. The van der Waals surface area contributed by atoms with Crippen LogP contribution in [0.5, 0.6) is 0 Å². The van der Waals surface area contributed by atoms with Crippen LogP contribution in [0.2, 0.25) is 15.1 Å². The average molecular weight is 364 g/mol. The van der Waals surface area contributed by atoms with Crippen molar-refractivity contribution in [2.24, 2.45) is 0 Å². The zero-order valence-corrected chi connectivity index (χ0v) is 12.7. The van der Waals surface area contributed by atoms with Crippen molar-refractivity contribution in [1.82, 2.24) is 0 Å². The lowest BCUT2D eigenvalue weighted by Crippen LogP contribution is -2.03. The monoisotopic (exact) mass is 362 g/mol. The zero-order valence-electron chi connectivity index (χ0n) is 8.88. The van der Waals surface area contributed by atoms with Crippen LogP contribution in [-0.2, 0) is 0 Å². The third-order valence-corrected chi connectivity index (χ3v) is 4.11. The van der Waals surface area contributed by atoms with E-state index in [1.165, 1.54) is 0 Å². The molecule has 5 heteroatoms. The van der Waals surface area contributed by atoms with Crippen LogP contribution in [0.15, 0.2) is 40.9 Å². The van der Waals surface area contributed by atoms with Crippen molar-refractivity contribution in [3.63, 3.8) is 0 Å². The molecule has 2 aromatic rings. The molecule has 0 aliphatic carbocycles. The van der Waals surface area contributed by atoms with Crippen LogP contribution >= 0.6 is 50.7 Å². The molecule has 0 saturated heterocycles. The number of hydrogen-bond acceptors (Lipinski definition) is 1. The van der Waals surface area contributed by atoms with E-state index in [0.29, 0.717) is 25.6 Å². The number of rotatable bonds is 2. The van der Waals surface area contributed by atoms with Gasteiger partial charge in [-0.25, -0.2) is 0 Å². The second-order valence-corrected chi connectivity index (χ2v) is 5.63. The average Bonchev–Trinajstić information content (AvgIpc) is 2.35. The molecule has 0 aromatic heterocycles. The van der Waals surface area contributed by atoms with Crippen LogP contribution in [0.3, 0.4) is 0 Å². The number of halogens is 4. The minimum Gasteiger partial charge on any atom is -0.289 e. The van der Waals surface area contributed by atoms with E-state index in [-0.39, 0.29) is 10.8 Å². The fraction of sp³-hybridized carbons (Fsp3) is 0. The first-order valence-electron chi connectivity index (χ1n) is 4.94. The summed E-state index contributed by atoms with van der Waals surface area (Å²) < 4.78 is 0.660. The molecular formula is C13H6BrCl3O. The Hall–Kier alpha value is -0.540. The number of ketones is 1. The van der Waals surface area contributed by atoms with Crippen molar-refractivity contribution in [3.8, 4) is 0 Å². The van der Waals surface area contributed by atoms with E-state index in [1.807, 2.05) is 0 Å². The molecule has 0 N–H and O–H groups in total. The van der Waals surface area contributed by atoms with E-state index in [1.54, 1.807) is 36.4 Å². The van der Waals surface area contributed by atoms with Gasteiger partial charge in [-0.3, -0.25) is 4.79 Å². The maximum Gasteiger partial charge on any atom is 0.195 e. The van der Waals surface area contributed by atoms with Crippen LogP contribution in [-0.4, -0.2) is 5.78 Å². The number of carbonyl (C=O) groups is 1. The number of carbonyl (C=O) groups excluding carboxylic acids is 1. The molecule has 0 heterocycles. The highest BCUT2D eigenvalue weighted by molar-refractivity contribution is 9.10. The van der Waals surface area contributed by atoms with Crippen molar-refractivity contribution in [1.29, 1.82) is 0 Å². The first kappa shape index (κ1) is 13.9. The third kappa shape index (κ3) is 2.72. The topological polar surface area (TPSA) is 17.1 Å². The van der Waals surface area contributed by atoms with Gasteiger partial charge in [0.15, 0.2) is 5.78 Å². The summed E-state index contributed by atoms with van der Waals surface area (Å²) in [6.07, 6.45) is 0. The van der Waals surface area contributed by atoms with Crippen LogP contribution < -0.4 is 0 Å². The molecule has 2 aromatic carbocycles. The van der Waals surface area contributed by atoms with Crippen LogP contribution in [0.4, 0.5) is 0 Å². The summed E-state index contributed by atoms with van der Waals surface area (Å²) in [6.45, 7) is 0. The van der Waals surface area contributed by atoms with Gasteiger partial charge in [0.05, 0.1) is 10.0 Å². The first-order valence-corrected chi connectivity index (χ1v) is 6.87. The standard InChI is InChI=1S/C13H6BrCl3O/c14-10-5-4-7(15)6-9(10)13(18)8-2-1-3-11(16)12(8)17/h1-6H. The van der Waals surface area contributed by atoms with Crippen molar-refractivity contribution in [2.45, 2.75) is 0 Å². The minimum atomic E-state index is -0.225. The van der Waals surface area contributed by atoms with Crippen molar-refractivity contribution < 1.29 is 4.79 Å². The Morgan fingerprint density at radius 3 is 2.44 bits per heavy atom. The molecule has 92 valence electrons. The van der Waals surface area contributed by atoms with Gasteiger partial charge in [0.25, 0.3) is 0 Å². The van der Waals surface area contributed by atoms with E-state index >= 15 is 0 Å². The largest absolute Gasteiger partial charge is 0.289 e. The molecule has 1 nitrogen and oxygen atoms in total. The Morgan fingerprint density at radius 2 is 1.72 bits per heavy atom. The SMILES string of the molecule is O=C(c1cc(Cl)ccc1Br)c1cccc(Cl)c1Cl. The molecule has 0 aliphatic rings. The second-order valence-electron chi connectivity index (χ2n) is 3.55. The van der Waals surface area contributed by atoms with E-state index in [0.717, 1.165) is 0 Å². The molecule has 0 radical (unpaired) electrons. The maximum atomic E-state index is 12.4. The summed E-state index contributed by atoms with van der Waals surface area (Å²) in [5, 5.41) is 1.08.